The van der Waals surface area contributed by atoms with Crippen LogP contribution in [0.3, 0.4) is 0 Å². The molecule has 2 N–H and O–H groups in total. The summed E-state index contributed by atoms with van der Waals surface area (Å²) in [5, 5.41) is 20.2. The number of carbonyl (C=O) groups is 3. The molecule has 3 aliphatic rings. The number of hydrogen-bond donors (Lipinski definition) is 2. The molecule has 8 heteroatoms. The topological polar surface area (TPSA) is 98.2 Å². The molecule has 4 rings (SSSR count). The smallest absolute Gasteiger partial charge is 0.308 e. The molecule has 2 bridgehead atoms. The van der Waals surface area contributed by atoms with Crippen LogP contribution in [0.1, 0.15) is 38.7 Å². The zero-order valence-electron chi connectivity index (χ0n) is 19.1. The van der Waals surface area contributed by atoms with Gasteiger partial charge in [0, 0.05) is 17.8 Å². The maximum absolute atomic E-state index is 14.2. The molecule has 6 atom stereocenters. The van der Waals surface area contributed by atoms with E-state index in [9.17, 15) is 24.6 Å². The maximum Gasteiger partial charge on any atom is 0.308 e. The van der Waals surface area contributed by atoms with Gasteiger partial charge >= 0.3 is 5.97 Å². The van der Waals surface area contributed by atoms with E-state index < -0.39 is 39.4 Å². The summed E-state index contributed by atoms with van der Waals surface area (Å²) >= 11 is 1.51. The van der Waals surface area contributed by atoms with Gasteiger partial charge in [-0.2, -0.15) is 0 Å². The number of fused-ring (bicyclic) bond motifs is 1. The number of hydrogen-bond acceptors (Lipinski definition) is 5. The minimum absolute atomic E-state index is 0.204. The number of carbonyl (C=O) groups excluding carboxylic acids is 2. The second-order valence-corrected chi connectivity index (χ2v) is 11.4. The lowest BCUT2D eigenvalue weighted by atomic mass is 9.66. The molecule has 2 unspecified atom stereocenters. The number of aliphatic hydroxyl groups is 1. The highest BCUT2D eigenvalue weighted by Gasteiger charge is 2.78. The van der Waals surface area contributed by atoms with E-state index >= 15 is 0 Å². The quantitative estimate of drug-likeness (QED) is 0.536. The molecule has 3 aliphatic heterocycles. The number of thioether (sulfide) groups is 1. The molecule has 1 spiro atoms. The third kappa shape index (κ3) is 3.58. The molecule has 0 aromatic heterocycles. The van der Waals surface area contributed by atoms with Gasteiger partial charge in [0.2, 0.25) is 11.8 Å². The fourth-order valence-corrected chi connectivity index (χ4v) is 8.52. The van der Waals surface area contributed by atoms with Gasteiger partial charge in [0.15, 0.2) is 0 Å². The molecule has 2 amide bonds. The van der Waals surface area contributed by atoms with Gasteiger partial charge in [-0.05, 0) is 31.7 Å². The molecule has 3 heterocycles. The Kier molecular flexibility index (Phi) is 6.35. The van der Waals surface area contributed by atoms with Crippen molar-refractivity contribution in [1.29, 1.82) is 0 Å². The first kappa shape index (κ1) is 23.8. The van der Waals surface area contributed by atoms with E-state index in [1.165, 1.54) is 16.7 Å². The highest BCUT2D eigenvalue weighted by Crippen LogP contribution is 2.71. The number of carboxylic acid groups (broad SMARTS) is 1. The van der Waals surface area contributed by atoms with E-state index in [1.807, 2.05) is 44.2 Å². The minimum atomic E-state index is -0.984. The van der Waals surface area contributed by atoms with Crippen molar-refractivity contribution in [1.82, 2.24) is 9.80 Å². The molecule has 3 fully saturated rings. The Morgan fingerprint density at radius 1 is 1.33 bits per heavy atom. The van der Waals surface area contributed by atoms with E-state index in [0.717, 1.165) is 5.56 Å². The molecule has 1 aromatic rings. The van der Waals surface area contributed by atoms with Crippen molar-refractivity contribution in [2.24, 2.45) is 11.8 Å². The molecule has 0 radical (unpaired) electrons. The molecule has 33 heavy (non-hydrogen) atoms. The Morgan fingerprint density at radius 2 is 2.03 bits per heavy atom. The lowest BCUT2D eigenvalue weighted by molar-refractivity contribution is -0.151. The van der Waals surface area contributed by atoms with Crippen LogP contribution in [0.5, 0.6) is 0 Å². The summed E-state index contributed by atoms with van der Waals surface area (Å²) in [5.41, 5.74) is 0.963. The Labute approximate surface area is 198 Å². The summed E-state index contributed by atoms with van der Waals surface area (Å²) in [6.07, 6.45) is 3.40. The van der Waals surface area contributed by atoms with Crippen molar-refractivity contribution in [3.8, 4) is 0 Å². The molecule has 0 aliphatic carbocycles. The number of aliphatic hydroxyl groups excluding tert-OH is 1. The first-order valence-electron chi connectivity index (χ1n) is 11.5. The minimum Gasteiger partial charge on any atom is -0.481 e. The van der Waals surface area contributed by atoms with Gasteiger partial charge in [-0.3, -0.25) is 14.4 Å². The first-order valence-corrected chi connectivity index (χ1v) is 12.3. The normalized spacial score (nSPS) is 33.1. The van der Waals surface area contributed by atoms with Crippen LogP contribution in [-0.2, 0) is 20.9 Å². The zero-order valence-corrected chi connectivity index (χ0v) is 20.0. The summed E-state index contributed by atoms with van der Waals surface area (Å²) in [6, 6.07) is 8.29. The van der Waals surface area contributed by atoms with Gasteiger partial charge in [-0.25, -0.2) is 0 Å². The SMILES string of the molecule is C=CCN(Cc1ccccc1)C(=O)C1N([C@@H](CC)CO)C(=O)[C@@H]2[C@@H](C(=O)O)[C@@]3(C)CCC12S3. The predicted molar refractivity (Wildman–Crippen MR) is 126 cm³/mol. The summed E-state index contributed by atoms with van der Waals surface area (Å²) in [7, 11) is 0. The van der Waals surface area contributed by atoms with Gasteiger partial charge in [0.1, 0.15) is 6.04 Å². The Balaban J connectivity index is 1.79. The summed E-state index contributed by atoms with van der Waals surface area (Å²) in [6.45, 7) is 8.01. The maximum atomic E-state index is 14.2. The van der Waals surface area contributed by atoms with Gasteiger partial charge in [-0.1, -0.05) is 43.3 Å². The fourth-order valence-electron chi connectivity index (χ4n) is 6.19. The Hall–Kier alpha value is -2.32. The van der Waals surface area contributed by atoms with Crippen LogP contribution in [0.25, 0.3) is 0 Å². The van der Waals surface area contributed by atoms with Gasteiger partial charge in [-0.15, -0.1) is 18.3 Å². The number of carboxylic acids is 1. The number of amides is 2. The van der Waals surface area contributed by atoms with Crippen molar-refractivity contribution in [3.63, 3.8) is 0 Å². The van der Waals surface area contributed by atoms with Crippen molar-refractivity contribution >= 4 is 29.5 Å². The predicted octanol–water partition coefficient (Wildman–Crippen LogP) is 2.54. The molecule has 7 nitrogen and oxygen atoms in total. The van der Waals surface area contributed by atoms with E-state index in [0.29, 0.717) is 32.4 Å². The number of benzene rings is 1. The molecule has 1 aromatic carbocycles. The van der Waals surface area contributed by atoms with Crippen molar-refractivity contribution in [2.45, 2.75) is 61.2 Å². The van der Waals surface area contributed by atoms with E-state index in [-0.39, 0.29) is 18.4 Å². The molecule has 178 valence electrons. The average molecular weight is 473 g/mol. The van der Waals surface area contributed by atoms with Crippen LogP contribution in [-0.4, -0.2) is 72.5 Å². The molecule has 0 saturated carbocycles. The van der Waals surface area contributed by atoms with Gasteiger partial charge in [0.05, 0.1) is 29.2 Å². The number of rotatable bonds is 9. The number of aliphatic carboxylic acids is 1. The van der Waals surface area contributed by atoms with Gasteiger partial charge < -0.3 is 20.0 Å². The number of likely N-dealkylation sites (tertiary alicyclic amines) is 1. The van der Waals surface area contributed by atoms with Crippen LogP contribution >= 0.6 is 11.8 Å². The second-order valence-electron chi connectivity index (χ2n) is 9.55. The van der Waals surface area contributed by atoms with Crippen molar-refractivity contribution in [3.05, 3.63) is 48.6 Å². The first-order chi connectivity index (χ1) is 15.7. The van der Waals surface area contributed by atoms with Crippen LogP contribution in [0.15, 0.2) is 43.0 Å². The van der Waals surface area contributed by atoms with Crippen LogP contribution < -0.4 is 0 Å². The third-order valence-electron chi connectivity index (χ3n) is 7.67. The van der Waals surface area contributed by atoms with Crippen molar-refractivity contribution < 1.29 is 24.6 Å². The lowest BCUT2D eigenvalue weighted by Gasteiger charge is -2.39. The van der Waals surface area contributed by atoms with E-state index in [4.69, 9.17) is 0 Å². The summed E-state index contributed by atoms with van der Waals surface area (Å²) in [4.78, 5) is 43.5. The summed E-state index contributed by atoms with van der Waals surface area (Å²) < 4.78 is -1.38. The average Bonchev–Trinajstić information content (AvgIpc) is 3.36. The highest BCUT2D eigenvalue weighted by atomic mass is 32.2. The third-order valence-corrected chi connectivity index (χ3v) is 9.65. The largest absolute Gasteiger partial charge is 0.481 e. The van der Waals surface area contributed by atoms with Crippen molar-refractivity contribution in [2.75, 3.05) is 13.2 Å². The van der Waals surface area contributed by atoms with Crippen LogP contribution in [0.4, 0.5) is 0 Å². The standard InChI is InChI=1S/C25H32N2O5S/c1-4-13-26(14-16-9-7-6-8-10-16)22(30)20-25-12-11-24(3,33-25)19(23(31)32)18(25)21(29)27(20)17(5-2)15-28/h4,6-10,17-20,28H,1,5,11-15H2,2-3H3,(H,31,32)/t17-,18-,19-,20?,24+,25?/m0/s1. The molecular weight excluding hydrogens is 440 g/mol. The molecular formula is C25H32N2O5S. The van der Waals surface area contributed by atoms with E-state index in [2.05, 4.69) is 6.58 Å². The molecule has 3 saturated heterocycles. The Morgan fingerprint density at radius 3 is 2.61 bits per heavy atom. The zero-order chi connectivity index (χ0) is 24.0. The lowest BCUT2D eigenvalue weighted by Crippen LogP contribution is -2.57. The Bertz CT molecular complexity index is 951. The monoisotopic (exact) mass is 472 g/mol. The van der Waals surface area contributed by atoms with Gasteiger partial charge in [0.25, 0.3) is 0 Å². The summed E-state index contributed by atoms with van der Waals surface area (Å²) in [5.74, 6) is -3.11. The van der Waals surface area contributed by atoms with E-state index in [1.54, 1.807) is 11.0 Å². The fraction of sp³-hybridized carbons (Fsp3) is 0.560. The second kappa shape index (κ2) is 8.80. The highest BCUT2D eigenvalue weighted by molar-refractivity contribution is 8.02. The van der Waals surface area contributed by atoms with Crippen LogP contribution in [0, 0.1) is 11.8 Å². The van der Waals surface area contributed by atoms with Crippen LogP contribution in [0.2, 0.25) is 0 Å². The number of nitrogens with zero attached hydrogens (tertiary/aromatic N) is 2.